The lowest BCUT2D eigenvalue weighted by Crippen LogP contribution is -2.28. The number of nitrogens with one attached hydrogen (secondary N) is 1. The van der Waals surface area contributed by atoms with Crippen LogP contribution in [-0.4, -0.2) is 22.7 Å². The van der Waals surface area contributed by atoms with E-state index in [-0.39, 0.29) is 12.5 Å². The van der Waals surface area contributed by atoms with Crippen LogP contribution in [0, 0.1) is 20.8 Å². The highest BCUT2D eigenvalue weighted by atomic mass is 16.5. The highest BCUT2D eigenvalue weighted by Gasteiger charge is 2.13. The van der Waals surface area contributed by atoms with Crippen molar-refractivity contribution < 1.29 is 14.4 Å². The van der Waals surface area contributed by atoms with Gasteiger partial charge in [-0.15, -0.1) is 0 Å². The molecule has 0 radical (unpaired) electrons. The van der Waals surface area contributed by atoms with Crippen molar-refractivity contribution in [3.8, 4) is 0 Å². The Hall–Kier alpha value is -2.14. The first-order chi connectivity index (χ1) is 10.5. The maximum absolute atomic E-state index is 11.9. The summed E-state index contributed by atoms with van der Waals surface area (Å²) in [5.41, 5.74) is 3.75. The SMILES string of the molecule is Cc1ccc([C@H](O)CNC(=O)CCc2c(C)noc2C)cc1. The molecule has 0 bridgehead atoms. The summed E-state index contributed by atoms with van der Waals surface area (Å²) in [6.45, 7) is 5.91. The average molecular weight is 302 g/mol. The van der Waals surface area contributed by atoms with E-state index in [1.165, 1.54) is 0 Å². The highest BCUT2D eigenvalue weighted by molar-refractivity contribution is 5.76. The molecule has 0 unspecified atom stereocenters. The molecule has 2 rings (SSSR count). The van der Waals surface area contributed by atoms with Crippen molar-refractivity contribution in [2.24, 2.45) is 0 Å². The number of benzene rings is 1. The Morgan fingerprint density at radius 3 is 2.55 bits per heavy atom. The summed E-state index contributed by atoms with van der Waals surface area (Å²) in [5.74, 6) is 0.663. The van der Waals surface area contributed by atoms with E-state index in [4.69, 9.17) is 4.52 Å². The minimum Gasteiger partial charge on any atom is -0.387 e. The summed E-state index contributed by atoms with van der Waals surface area (Å²) in [6.07, 6.45) is 0.251. The van der Waals surface area contributed by atoms with E-state index < -0.39 is 6.10 Å². The smallest absolute Gasteiger partial charge is 0.220 e. The fourth-order valence-electron chi connectivity index (χ4n) is 2.30. The number of hydrogen-bond donors (Lipinski definition) is 2. The summed E-state index contributed by atoms with van der Waals surface area (Å²) < 4.78 is 5.07. The van der Waals surface area contributed by atoms with Crippen LogP contribution in [0.4, 0.5) is 0 Å². The van der Waals surface area contributed by atoms with Gasteiger partial charge in [-0.3, -0.25) is 4.79 Å². The van der Waals surface area contributed by atoms with Gasteiger partial charge < -0.3 is 14.9 Å². The summed E-state index contributed by atoms with van der Waals surface area (Å²) in [4.78, 5) is 11.9. The van der Waals surface area contributed by atoms with E-state index in [2.05, 4.69) is 10.5 Å². The number of carbonyl (C=O) groups excluding carboxylic acids is 1. The van der Waals surface area contributed by atoms with E-state index in [1.54, 1.807) is 0 Å². The molecule has 22 heavy (non-hydrogen) atoms. The van der Waals surface area contributed by atoms with Crippen molar-refractivity contribution in [3.63, 3.8) is 0 Å². The Balaban J connectivity index is 1.79. The number of aliphatic hydroxyl groups excluding tert-OH is 1. The van der Waals surface area contributed by atoms with Crippen molar-refractivity contribution in [1.29, 1.82) is 0 Å². The maximum Gasteiger partial charge on any atom is 0.220 e. The molecule has 5 nitrogen and oxygen atoms in total. The largest absolute Gasteiger partial charge is 0.387 e. The topological polar surface area (TPSA) is 75.4 Å². The molecule has 0 spiro atoms. The predicted octanol–water partition coefficient (Wildman–Crippen LogP) is 2.38. The second kappa shape index (κ2) is 7.22. The monoisotopic (exact) mass is 302 g/mol. The molecule has 2 aromatic rings. The van der Waals surface area contributed by atoms with Gasteiger partial charge in [-0.25, -0.2) is 0 Å². The van der Waals surface area contributed by atoms with E-state index in [0.717, 1.165) is 28.1 Å². The van der Waals surface area contributed by atoms with Crippen molar-refractivity contribution in [2.45, 2.75) is 39.7 Å². The lowest BCUT2D eigenvalue weighted by atomic mass is 10.1. The molecule has 1 aromatic heterocycles. The van der Waals surface area contributed by atoms with Crippen LogP contribution in [0.25, 0.3) is 0 Å². The molecular formula is C17H22N2O3. The Kier molecular flexibility index (Phi) is 5.33. The van der Waals surface area contributed by atoms with Crippen LogP contribution in [0.5, 0.6) is 0 Å². The van der Waals surface area contributed by atoms with Gasteiger partial charge in [0.25, 0.3) is 0 Å². The summed E-state index contributed by atoms with van der Waals surface area (Å²) in [5, 5.41) is 16.7. The van der Waals surface area contributed by atoms with Gasteiger partial charge in [0.05, 0.1) is 11.8 Å². The molecule has 0 aliphatic rings. The molecule has 0 saturated carbocycles. The number of nitrogens with zero attached hydrogens (tertiary/aromatic N) is 1. The van der Waals surface area contributed by atoms with Gasteiger partial charge in [0, 0.05) is 18.5 Å². The van der Waals surface area contributed by atoms with E-state index in [0.29, 0.717) is 12.8 Å². The third kappa shape index (κ3) is 4.18. The van der Waals surface area contributed by atoms with Gasteiger partial charge in [-0.1, -0.05) is 35.0 Å². The summed E-state index contributed by atoms with van der Waals surface area (Å²) in [6, 6.07) is 7.63. The maximum atomic E-state index is 11.9. The number of hydrogen-bond acceptors (Lipinski definition) is 4. The standard InChI is InChI=1S/C17H22N2O3/c1-11-4-6-14(7-5-11)16(20)10-18-17(21)9-8-15-12(2)19-22-13(15)3/h4-7,16,20H,8-10H2,1-3H3,(H,18,21)/t16-/m1/s1. The zero-order chi connectivity index (χ0) is 16.1. The molecule has 0 aliphatic carbocycles. The summed E-state index contributed by atoms with van der Waals surface area (Å²) in [7, 11) is 0. The van der Waals surface area contributed by atoms with Crippen LogP contribution in [0.2, 0.25) is 0 Å². The Morgan fingerprint density at radius 2 is 1.95 bits per heavy atom. The first-order valence-corrected chi connectivity index (χ1v) is 7.40. The first-order valence-electron chi connectivity index (χ1n) is 7.40. The fraction of sp³-hybridized carbons (Fsp3) is 0.412. The molecule has 118 valence electrons. The van der Waals surface area contributed by atoms with E-state index in [1.807, 2.05) is 45.0 Å². The normalized spacial score (nSPS) is 12.2. The molecule has 1 amide bonds. The number of aryl methyl sites for hydroxylation is 3. The second-order valence-electron chi connectivity index (χ2n) is 5.53. The van der Waals surface area contributed by atoms with Crippen molar-refractivity contribution >= 4 is 5.91 Å². The number of aromatic nitrogens is 1. The van der Waals surface area contributed by atoms with Crippen LogP contribution < -0.4 is 5.32 Å². The molecule has 1 heterocycles. The lowest BCUT2D eigenvalue weighted by molar-refractivity contribution is -0.121. The van der Waals surface area contributed by atoms with Gasteiger partial charge in [-0.05, 0) is 32.8 Å². The molecule has 0 aliphatic heterocycles. The number of amides is 1. The van der Waals surface area contributed by atoms with Gasteiger partial charge in [-0.2, -0.15) is 0 Å². The minimum atomic E-state index is -0.691. The zero-order valence-electron chi connectivity index (χ0n) is 13.2. The van der Waals surface area contributed by atoms with Gasteiger partial charge in [0.2, 0.25) is 5.91 Å². The van der Waals surface area contributed by atoms with Crippen LogP contribution in [0.3, 0.4) is 0 Å². The van der Waals surface area contributed by atoms with E-state index >= 15 is 0 Å². The molecule has 0 saturated heterocycles. The van der Waals surface area contributed by atoms with Crippen molar-refractivity contribution in [3.05, 3.63) is 52.4 Å². The molecular weight excluding hydrogens is 280 g/mol. The second-order valence-corrected chi connectivity index (χ2v) is 5.53. The number of aliphatic hydroxyl groups is 1. The third-order valence-electron chi connectivity index (χ3n) is 3.74. The van der Waals surface area contributed by atoms with Crippen molar-refractivity contribution in [1.82, 2.24) is 10.5 Å². The molecule has 1 atom stereocenters. The number of carbonyl (C=O) groups is 1. The van der Waals surface area contributed by atoms with Gasteiger partial charge in [0.1, 0.15) is 5.76 Å². The lowest BCUT2D eigenvalue weighted by Gasteiger charge is -2.12. The average Bonchev–Trinajstić information content (AvgIpc) is 2.82. The Bertz CT molecular complexity index is 612. The first kappa shape index (κ1) is 16.2. The fourth-order valence-corrected chi connectivity index (χ4v) is 2.30. The summed E-state index contributed by atoms with van der Waals surface area (Å²) >= 11 is 0. The van der Waals surface area contributed by atoms with Crippen LogP contribution in [-0.2, 0) is 11.2 Å². The quantitative estimate of drug-likeness (QED) is 0.859. The highest BCUT2D eigenvalue weighted by Crippen LogP contribution is 2.15. The third-order valence-corrected chi connectivity index (χ3v) is 3.74. The molecule has 2 N–H and O–H groups in total. The Morgan fingerprint density at radius 1 is 1.27 bits per heavy atom. The molecule has 1 aromatic carbocycles. The van der Waals surface area contributed by atoms with E-state index in [9.17, 15) is 9.90 Å². The molecule has 0 fully saturated rings. The Labute approximate surface area is 130 Å². The molecule has 5 heteroatoms. The predicted molar refractivity (Wildman–Crippen MR) is 83.4 cm³/mol. The van der Waals surface area contributed by atoms with Crippen LogP contribution in [0.1, 0.15) is 40.7 Å². The van der Waals surface area contributed by atoms with Crippen LogP contribution >= 0.6 is 0 Å². The minimum absolute atomic E-state index is 0.0915. The van der Waals surface area contributed by atoms with Crippen molar-refractivity contribution in [2.75, 3.05) is 6.54 Å². The van der Waals surface area contributed by atoms with Gasteiger partial charge in [0.15, 0.2) is 0 Å². The zero-order valence-corrected chi connectivity index (χ0v) is 13.2. The van der Waals surface area contributed by atoms with Gasteiger partial charge >= 0.3 is 0 Å². The number of rotatable bonds is 6. The van der Waals surface area contributed by atoms with Crippen LogP contribution in [0.15, 0.2) is 28.8 Å².